The van der Waals surface area contributed by atoms with Crippen LogP contribution in [0.15, 0.2) is 12.2 Å². The molecule has 1 atom stereocenters. The molecular formula is C83H162O5. The number of esters is 2. The Morgan fingerprint density at radius 2 is 0.420 bits per heavy atom. The van der Waals surface area contributed by atoms with Gasteiger partial charge in [-0.3, -0.25) is 9.59 Å². The molecule has 0 aliphatic carbocycles. The third-order valence-electron chi connectivity index (χ3n) is 19.6. The molecule has 1 N–H and O–H groups in total. The van der Waals surface area contributed by atoms with Crippen LogP contribution in [0.5, 0.6) is 0 Å². The monoisotopic (exact) mass is 1240 g/mol. The highest BCUT2D eigenvalue weighted by Gasteiger charge is 2.16. The zero-order chi connectivity index (χ0) is 63.3. The summed E-state index contributed by atoms with van der Waals surface area (Å²) in [7, 11) is 0. The Kier molecular flexibility index (Phi) is 78.6. The maximum Gasteiger partial charge on any atom is 0.306 e. The molecule has 0 fully saturated rings. The lowest BCUT2D eigenvalue weighted by Crippen LogP contribution is -2.28. The fourth-order valence-electron chi connectivity index (χ4n) is 13.4. The van der Waals surface area contributed by atoms with Gasteiger partial charge in [-0.05, 0) is 38.5 Å². The average molecular weight is 1240 g/mol. The summed E-state index contributed by atoms with van der Waals surface area (Å²) in [5.74, 6) is -0.557. The Bertz CT molecular complexity index is 1310. The summed E-state index contributed by atoms with van der Waals surface area (Å²) in [6.07, 6.45) is 105. The number of ether oxygens (including phenoxy) is 2. The Morgan fingerprint density at radius 1 is 0.250 bits per heavy atom. The lowest BCUT2D eigenvalue weighted by Gasteiger charge is -2.15. The van der Waals surface area contributed by atoms with Crippen molar-refractivity contribution < 1.29 is 24.2 Å². The van der Waals surface area contributed by atoms with Gasteiger partial charge in [-0.25, -0.2) is 0 Å². The molecule has 0 heterocycles. The number of carbonyl (C=O) groups excluding carboxylic acids is 2. The van der Waals surface area contributed by atoms with Crippen molar-refractivity contribution in [1.29, 1.82) is 0 Å². The molecule has 5 nitrogen and oxygen atoms in total. The van der Waals surface area contributed by atoms with E-state index in [1.54, 1.807) is 0 Å². The van der Waals surface area contributed by atoms with E-state index in [4.69, 9.17) is 9.47 Å². The van der Waals surface area contributed by atoms with Crippen LogP contribution in [-0.4, -0.2) is 36.4 Å². The number of aliphatic hydroxyl groups is 1. The van der Waals surface area contributed by atoms with Crippen molar-refractivity contribution in [2.24, 2.45) is 0 Å². The molecule has 0 amide bonds. The first-order chi connectivity index (χ1) is 43.6. The Hall–Kier alpha value is -1.36. The van der Waals surface area contributed by atoms with E-state index in [1.165, 1.54) is 430 Å². The van der Waals surface area contributed by atoms with Crippen LogP contribution in [0.4, 0.5) is 0 Å². The summed E-state index contributed by atoms with van der Waals surface area (Å²) in [5, 5.41) is 9.73. The molecule has 0 aromatic carbocycles. The van der Waals surface area contributed by atoms with Gasteiger partial charge < -0.3 is 14.6 Å². The van der Waals surface area contributed by atoms with Gasteiger partial charge in [-0.1, -0.05) is 450 Å². The second-order valence-electron chi connectivity index (χ2n) is 28.6. The topological polar surface area (TPSA) is 72.8 Å². The normalized spacial score (nSPS) is 12.1. The molecule has 0 aliphatic heterocycles. The highest BCUT2D eigenvalue weighted by Crippen LogP contribution is 2.21. The summed E-state index contributed by atoms with van der Waals surface area (Å²) in [6.45, 7) is 4.23. The van der Waals surface area contributed by atoms with Gasteiger partial charge in [0.25, 0.3) is 0 Å². The van der Waals surface area contributed by atoms with E-state index < -0.39 is 6.10 Å². The van der Waals surface area contributed by atoms with Crippen LogP contribution in [0.25, 0.3) is 0 Å². The second-order valence-corrected chi connectivity index (χ2v) is 28.6. The SMILES string of the molecule is CCCCCCCCCC/C=C\CCCCCCCCCCCCCCCCCCCCCCCC(=O)OC(CO)COC(=O)CCCCCCCCCCCCCCCCCCCCCCCCCCCCCCCCCCCCCCCCCCC. The van der Waals surface area contributed by atoms with Gasteiger partial charge in [-0.2, -0.15) is 0 Å². The zero-order valence-corrected chi connectivity index (χ0v) is 60.6. The summed E-state index contributed by atoms with van der Waals surface area (Å²) in [5.41, 5.74) is 0. The number of hydrogen-bond donors (Lipinski definition) is 1. The van der Waals surface area contributed by atoms with Crippen LogP contribution in [0.3, 0.4) is 0 Å². The minimum Gasteiger partial charge on any atom is -0.462 e. The second kappa shape index (κ2) is 79.9. The van der Waals surface area contributed by atoms with Crippen molar-refractivity contribution in [3.05, 3.63) is 12.2 Å². The number of unbranched alkanes of at least 4 members (excludes halogenated alkanes) is 69. The highest BCUT2D eigenvalue weighted by molar-refractivity contribution is 5.70. The molecule has 0 aromatic heterocycles. The van der Waals surface area contributed by atoms with Gasteiger partial charge >= 0.3 is 11.9 Å². The third kappa shape index (κ3) is 77.1. The third-order valence-corrected chi connectivity index (χ3v) is 19.6. The predicted molar refractivity (Wildman–Crippen MR) is 390 cm³/mol. The molecule has 524 valence electrons. The lowest BCUT2D eigenvalue weighted by atomic mass is 10.0. The number of allylic oxidation sites excluding steroid dienone is 2. The maximum atomic E-state index is 12.4. The van der Waals surface area contributed by atoms with E-state index >= 15 is 0 Å². The molecular weight excluding hydrogens is 1080 g/mol. The molecule has 88 heavy (non-hydrogen) atoms. The van der Waals surface area contributed by atoms with E-state index in [9.17, 15) is 14.7 Å². The van der Waals surface area contributed by atoms with Gasteiger partial charge in [0, 0.05) is 12.8 Å². The molecule has 0 saturated heterocycles. The van der Waals surface area contributed by atoms with Crippen LogP contribution in [0.2, 0.25) is 0 Å². The van der Waals surface area contributed by atoms with E-state index in [-0.39, 0.29) is 25.2 Å². The summed E-state index contributed by atoms with van der Waals surface area (Å²) >= 11 is 0. The number of rotatable bonds is 79. The molecule has 0 bridgehead atoms. The van der Waals surface area contributed by atoms with Gasteiger partial charge in [-0.15, -0.1) is 0 Å². The van der Waals surface area contributed by atoms with E-state index in [1.807, 2.05) is 0 Å². The number of carbonyl (C=O) groups is 2. The van der Waals surface area contributed by atoms with Crippen molar-refractivity contribution in [3.8, 4) is 0 Å². The Labute approximate surface area is 553 Å². The summed E-state index contributed by atoms with van der Waals surface area (Å²) in [4.78, 5) is 24.7. The molecule has 0 spiro atoms. The predicted octanol–water partition coefficient (Wildman–Crippen LogP) is 28.9. The van der Waals surface area contributed by atoms with Crippen LogP contribution in [0.1, 0.15) is 489 Å². The van der Waals surface area contributed by atoms with E-state index in [0.29, 0.717) is 12.8 Å². The van der Waals surface area contributed by atoms with Gasteiger partial charge in [0.2, 0.25) is 0 Å². The molecule has 0 saturated carbocycles. The van der Waals surface area contributed by atoms with Gasteiger partial charge in [0.15, 0.2) is 6.10 Å². The fraction of sp³-hybridized carbons (Fsp3) is 0.952. The van der Waals surface area contributed by atoms with Gasteiger partial charge in [0.05, 0.1) is 6.61 Å². The van der Waals surface area contributed by atoms with Crippen LogP contribution in [0, 0.1) is 0 Å². The first-order valence-electron chi connectivity index (χ1n) is 41.2. The average Bonchev–Trinajstić information content (AvgIpc) is 3.56. The fourth-order valence-corrected chi connectivity index (χ4v) is 13.4. The Balaban J connectivity index is 3.33. The van der Waals surface area contributed by atoms with Crippen LogP contribution in [-0.2, 0) is 19.1 Å². The highest BCUT2D eigenvalue weighted by atomic mass is 16.6. The lowest BCUT2D eigenvalue weighted by molar-refractivity contribution is -0.161. The molecule has 5 heteroatoms. The Morgan fingerprint density at radius 3 is 0.614 bits per heavy atom. The zero-order valence-electron chi connectivity index (χ0n) is 60.6. The maximum absolute atomic E-state index is 12.4. The van der Waals surface area contributed by atoms with Crippen molar-refractivity contribution in [1.82, 2.24) is 0 Å². The molecule has 0 aliphatic rings. The summed E-state index contributed by atoms with van der Waals surface area (Å²) in [6, 6.07) is 0. The van der Waals surface area contributed by atoms with Crippen molar-refractivity contribution in [3.63, 3.8) is 0 Å². The molecule has 0 aromatic rings. The molecule has 0 radical (unpaired) electrons. The quantitative estimate of drug-likeness (QED) is 0.0373. The van der Waals surface area contributed by atoms with E-state index in [2.05, 4.69) is 26.0 Å². The minimum atomic E-state index is -0.768. The number of aliphatic hydroxyl groups excluding tert-OH is 1. The van der Waals surface area contributed by atoms with Crippen LogP contribution >= 0.6 is 0 Å². The minimum absolute atomic E-state index is 0.0563. The van der Waals surface area contributed by atoms with Crippen molar-refractivity contribution in [2.45, 2.75) is 495 Å². The van der Waals surface area contributed by atoms with Crippen LogP contribution < -0.4 is 0 Å². The molecule has 1 unspecified atom stereocenters. The van der Waals surface area contributed by atoms with E-state index in [0.717, 1.165) is 32.1 Å². The number of hydrogen-bond acceptors (Lipinski definition) is 5. The van der Waals surface area contributed by atoms with Crippen molar-refractivity contribution >= 4 is 11.9 Å². The first-order valence-corrected chi connectivity index (χ1v) is 41.2. The first kappa shape index (κ1) is 86.6. The molecule has 0 rings (SSSR count). The standard InChI is InChI=1S/C83H162O5/c1-3-5-7-9-11-13-15-17-19-21-23-25-27-29-31-33-35-37-38-39-40-41-42-43-44-46-47-49-51-53-55-57-59-61-63-65-67-69-71-73-75-77-82(85)87-80-81(79-84)88-83(86)78-76-74-72-70-68-66-64-62-60-58-56-54-52-50-48-45-36-34-32-30-28-26-24-22-20-18-16-14-12-10-8-6-4-2/h22,24,81,84H,3-21,23,25-80H2,1-2H3/b24-22-. The summed E-state index contributed by atoms with van der Waals surface area (Å²) < 4.78 is 10.8. The van der Waals surface area contributed by atoms with Gasteiger partial charge in [0.1, 0.15) is 6.61 Å². The smallest absolute Gasteiger partial charge is 0.306 e. The largest absolute Gasteiger partial charge is 0.462 e. The van der Waals surface area contributed by atoms with Crippen molar-refractivity contribution in [2.75, 3.05) is 13.2 Å².